The zero-order valence-corrected chi connectivity index (χ0v) is 15.3. The van der Waals surface area contributed by atoms with E-state index in [0.29, 0.717) is 5.69 Å². The molecule has 3 aromatic rings. The summed E-state index contributed by atoms with van der Waals surface area (Å²) in [5, 5.41) is 10.7. The van der Waals surface area contributed by atoms with Gasteiger partial charge in [0.25, 0.3) is 5.91 Å². The fraction of sp³-hybridized carbons (Fsp3) is 0.250. The van der Waals surface area contributed by atoms with E-state index in [1.54, 1.807) is 18.5 Å². The molecule has 5 nitrogen and oxygen atoms in total. The van der Waals surface area contributed by atoms with E-state index < -0.39 is 23.6 Å². The minimum atomic E-state index is -0.627. The van der Waals surface area contributed by atoms with Crippen LogP contribution >= 0.6 is 0 Å². The maximum Gasteiger partial charge on any atom is 0.273 e. The van der Waals surface area contributed by atoms with Crippen molar-refractivity contribution in [2.75, 3.05) is 0 Å². The fourth-order valence-electron chi connectivity index (χ4n) is 2.85. The molecule has 1 heterocycles. The summed E-state index contributed by atoms with van der Waals surface area (Å²) in [6.45, 7) is 5.41. The van der Waals surface area contributed by atoms with Gasteiger partial charge in [0.1, 0.15) is 11.6 Å². The van der Waals surface area contributed by atoms with Crippen molar-refractivity contribution in [1.29, 1.82) is 0 Å². The van der Waals surface area contributed by atoms with E-state index in [-0.39, 0.29) is 17.7 Å². The minimum absolute atomic E-state index is 0.0371. The predicted molar refractivity (Wildman–Crippen MR) is 97.8 cm³/mol. The number of halogens is 2. The Hall–Kier alpha value is -3.09. The normalized spacial score (nSPS) is 12.0. The van der Waals surface area contributed by atoms with Crippen molar-refractivity contribution >= 4 is 5.91 Å². The van der Waals surface area contributed by atoms with Crippen LogP contribution in [-0.2, 0) is 6.42 Å². The molecule has 0 radical (unpaired) electrons. The van der Waals surface area contributed by atoms with E-state index in [1.807, 2.05) is 31.2 Å². The Kier molecular flexibility index (Phi) is 5.30. The van der Waals surface area contributed by atoms with Gasteiger partial charge in [-0.1, -0.05) is 29.0 Å². The molecule has 0 bridgehead atoms. The second-order valence-corrected chi connectivity index (χ2v) is 6.55. The van der Waals surface area contributed by atoms with Gasteiger partial charge in [0.2, 0.25) is 0 Å². The number of aromatic nitrogens is 3. The van der Waals surface area contributed by atoms with Gasteiger partial charge in [-0.25, -0.2) is 13.5 Å². The Labute approximate surface area is 156 Å². The summed E-state index contributed by atoms with van der Waals surface area (Å²) >= 11 is 0. The van der Waals surface area contributed by atoms with Crippen molar-refractivity contribution in [2.45, 2.75) is 33.2 Å². The molecule has 0 aliphatic carbocycles. The van der Waals surface area contributed by atoms with Crippen LogP contribution in [0.4, 0.5) is 8.78 Å². The van der Waals surface area contributed by atoms with Gasteiger partial charge in [0, 0.05) is 11.6 Å². The van der Waals surface area contributed by atoms with E-state index in [2.05, 4.69) is 15.6 Å². The Morgan fingerprint density at radius 2 is 1.74 bits per heavy atom. The zero-order valence-electron chi connectivity index (χ0n) is 15.3. The van der Waals surface area contributed by atoms with Crippen molar-refractivity contribution in [3.63, 3.8) is 0 Å². The second kappa shape index (κ2) is 7.65. The molecule has 0 saturated heterocycles. The van der Waals surface area contributed by atoms with Crippen LogP contribution in [0.2, 0.25) is 0 Å². The first-order valence-electron chi connectivity index (χ1n) is 8.60. The van der Waals surface area contributed by atoms with Crippen LogP contribution in [0.5, 0.6) is 0 Å². The molecule has 0 aliphatic rings. The van der Waals surface area contributed by atoms with Crippen molar-refractivity contribution in [3.05, 3.63) is 76.6 Å². The summed E-state index contributed by atoms with van der Waals surface area (Å²) < 4.78 is 29.1. The van der Waals surface area contributed by atoms with Crippen LogP contribution in [-0.4, -0.2) is 26.9 Å². The lowest BCUT2D eigenvalue weighted by atomic mass is 10.1. The third-order valence-electron chi connectivity index (χ3n) is 4.34. The number of carbonyl (C=O) groups excluding carboxylic acids is 1. The van der Waals surface area contributed by atoms with Crippen molar-refractivity contribution < 1.29 is 13.6 Å². The third kappa shape index (κ3) is 4.02. The molecular weight excluding hydrogens is 350 g/mol. The second-order valence-electron chi connectivity index (χ2n) is 6.55. The average molecular weight is 370 g/mol. The van der Waals surface area contributed by atoms with Gasteiger partial charge in [-0.05, 0) is 51.5 Å². The smallest absolute Gasteiger partial charge is 0.273 e. The fourth-order valence-corrected chi connectivity index (χ4v) is 2.85. The number of amides is 1. The van der Waals surface area contributed by atoms with E-state index >= 15 is 0 Å². The molecule has 3 rings (SSSR count). The highest BCUT2D eigenvalue weighted by Gasteiger charge is 2.20. The summed E-state index contributed by atoms with van der Waals surface area (Å²) in [5.41, 5.74) is 2.62. The van der Waals surface area contributed by atoms with Gasteiger partial charge < -0.3 is 5.32 Å². The van der Waals surface area contributed by atoms with Crippen LogP contribution < -0.4 is 5.32 Å². The number of nitrogens with zero attached hydrogens (tertiary/aromatic N) is 3. The summed E-state index contributed by atoms with van der Waals surface area (Å²) in [5.74, 6) is -1.69. The molecule has 140 valence electrons. The first kappa shape index (κ1) is 18.7. The van der Waals surface area contributed by atoms with Gasteiger partial charge in [0.15, 0.2) is 5.69 Å². The third-order valence-corrected chi connectivity index (χ3v) is 4.34. The molecule has 0 saturated carbocycles. The standard InChI is InChI=1S/C20H20F2N4O/c1-12-7-9-15(10-8-12)26-14(3)19(24-25-26)20(27)23-13(2)11-16-17(21)5-4-6-18(16)22/h4-10,13H,11H2,1-3H3,(H,23,27). The molecule has 1 atom stereocenters. The van der Waals surface area contributed by atoms with Crippen molar-refractivity contribution in [2.24, 2.45) is 0 Å². The van der Waals surface area contributed by atoms with Gasteiger partial charge in [0.05, 0.1) is 11.4 Å². The van der Waals surface area contributed by atoms with E-state index in [4.69, 9.17) is 0 Å². The van der Waals surface area contributed by atoms with E-state index in [0.717, 1.165) is 11.3 Å². The molecule has 1 amide bonds. The molecular formula is C20H20F2N4O. The van der Waals surface area contributed by atoms with Crippen LogP contribution in [0.25, 0.3) is 5.69 Å². The number of aryl methyl sites for hydroxylation is 1. The van der Waals surface area contributed by atoms with Crippen LogP contribution in [0, 0.1) is 25.5 Å². The first-order chi connectivity index (χ1) is 12.9. The monoisotopic (exact) mass is 370 g/mol. The molecule has 27 heavy (non-hydrogen) atoms. The lowest BCUT2D eigenvalue weighted by Crippen LogP contribution is -2.35. The van der Waals surface area contributed by atoms with Crippen LogP contribution in [0.3, 0.4) is 0 Å². The number of rotatable bonds is 5. The maximum atomic E-state index is 13.8. The largest absolute Gasteiger partial charge is 0.348 e. The van der Waals surface area contributed by atoms with E-state index in [9.17, 15) is 13.6 Å². The lowest BCUT2D eigenvalue weighted by molar-refractivity contribution is 0.0934. The highest BCUT2D eigenvalue weighted by Crippen LogP contribution is 2.16. The highest BCUT2D eigenvalue weighted by atomic mass is 19.1. The van der Waals surface area contributed by atoms with Gasteiger partial charge in [-0.15, -0.1) is 5.10 Å². The number of hydrogen-bond donors (Lipinski definition) is 1. The molecule has 2 aromatic carbocycles. The van der Waals surface area contributed by atoms with Gasteiger partial charge in [-0.3, -0.25) is 4.79 Å². The number of hydrogen-bond acceptors (Lipinski definition) is 3. The quantitative estimate of drug-likeness (QED) is 0.748. The topological polar surface area (TPSA) is 59.8 Å². The number of benzene rings is 2. The zero-order chi connectivity index (χ0) is 19.6. The Morgan fingerprint density at radius 1 is 1.11 bits per heavy atom. The Morgan fingerprint density at radius 3 is 2.37 bits per heavy atom. The van der Waals surface area contributed by atoms with Gasteiger partial charge in [-0.2, -0.15) is 0 Å². The number of nitrogens with one attached hydrogen (secondary N) is 1. The molecule has 1 N–H and O–H groups in total. The number of carbonyl (C=O) groups is 1. The van der Waals surface area contributed by atoms with Gasteiger partial charge >= 0.3 is 0 Å². The molecule has 7 heteroatoms. The highest BCUT2D eigenvalue weighted by molar-refractivity contribution is 5.93. The molecule has 0 fully saturated rings. The van der Waals surface area contributed by atoms with Crippen molar-refractivity contribution in [1.82, 2.24) is 20.3 Å². The summed E-state index contributed by atoms with van der Waals surface area (Å²) in [6, 6.07) is 10.9. The molecule has 1 aromatic heterocycles. The lowest BCUT2D eigenvalue weighted by Gasteiger charge is -2.14. The van der Waals surface area contributed by atoms with E-state index in [1.165, 1.54) is 18.2 Å². The summed E-state index contributed by atoms with van der Waals surface area (Å²) in [4.78, 5) is 12.5. The molecule has 0 aliphatic heterocycles. The predicted octanol–water partition coefficient (Wildman–Crippen LogP) is 3.52. The Bertz CT molecular complexity index is 946. The van der Waals surface area contributed by atoms with Crippen LogP contribution in [0.1, 0.15) is 34.2 Å². The van der Waals surface area contributed by atoms with Crippen LogP contribution in [0.15, 0.2) is 42.5 Å². The molecule has 0 spiro atoms. The first-order valence-corrected chi connectivity index (χ1v) is 8.60. The van der Waals surface area contributed by atoms with Crippen molar-refractivity contribution in [3.8, 4) is 5.69 Å². The minimum Gasteiger partial charge on any atom is -0.348 e. The SMILES string of the molecule is Cc1ccc(-n2nnc(C(=O)NC(C)Cc3c(F)cccc3F)c2C)cc1. The average Bonchev–Trinajstić information content (AvgIpc) is 3.00. The molecule has 1 unspecified atom stereocenters. The summed E-state index contributed by atoms with van der Waals surface area (Å²) in [6.07, 6.45) is 0.0371. The Balaban J connectivity index is 1.74. The summed E-state index contributed by atoms with van der Waals surface area (Å²) in [7, 11) is 0. The maximum absolute atomic E-state index is 13.8.